The van der Waals surface area contributed by atoms with E-state index in [0.717, 1.165) is 17.3 Å². The van der Waals surface area contributed by atoms with Crippen molar-refractivity contribution in [2.75, 3.05) is 6.79 Å². The zero-order valence-corrected chi connectivity index (χ0v) is 10.1. The number of rotatable bonds is 2. The van der Waals surface area contributed by atoms with Gasteiger partial charge in [-0.1, -0.05) is 0 Å². The van der Waals surface area contributed by atoms with E-state index in [0.29, 0.717) is 22.9 Å². The third-order valence-electron chi connectivity index (χ3n) is 2.70. The second kappa shape index (κ2) is 4.46. The second-order valence-electron chi connectivity index (χ2n) is 3.90. The number of pyridine rings is 1. The summed E-state index contributed by atoms with van der Waals surface area (Å²) in [6.45, 7) is 0.164. The van der Waals surface area contributed by atoms with Crippen molar-refractivity contribution in [1.29, 1.82) is 0 Å². The van der Waals surface area contributed by atoms with Gasteiger partial charge in [0.05, 0.1) is 6.20 Å². The average Bonchev–Trinajstić information content (AvgIpc) is 2.85. The summed E-state index contributed by atoms with van der Waals surface area (Å²) in [6, 6.07) is 5.09. The fourth-order valence-electron chi connectivity index (χ4n) is 1.92. The summed E-state index contributed by atoms with van der Waals surface area (Å²) in [5.41, 5.74) is 2.27. The number of nitrogens with zero attached hydrogens (tertiary/aromatic N) is 1. The van der Waals surface area contributed by atoms with E-state index in [1.54, 1.807) is 6.20 Å². The van der Waals surface area contributed by atoms with E-state index in [2.05, 4.69) is 4.98 Å². The molecule has 1 aromatic carbocycles. The van der Waals surface area contributed by atoms with E-state index in [-0.39, 0.29) is 6.79 Å². The minimum atomic E-state index is -0.392. The standard InChI is InChI=1S/C13H9ClFNO2/c14-4-8-1-11(9-3-10(15)6-16-5-9)13-12(2-8)17-7-18-13/h1-3,5-6H,4,7H2. The van der Waals surface area contributed by atoms with Crippen LogP contribution in [0.5, 0.6) is 11.5 Å². The maximum atomic E-state index is 13.2. The van der Waals surface area contributed by atoms with Crippen LogP contribution in [-0.4, -0.2) is 11.8 Å². The molecule has 2 heterocycles. The Morgan fingerprint density at radius 3 is 2.89 bits per heavy atom. The van der Waals surface area contributed by atoms with Crippen LogP contribution in [0.3, 0.4) is 0 Å². The van der Waals surface area contributed by atoms with E-state index >= 15 is 0 Å². The molecule has 0 aliphatic carbocycles. The molecule has 3 nitrogen and oxygen atoms in total. The van der Waals surface area contributed by atoms with Gasteiger partial charge in [-0.2, -0.15) is 0 Å². The number of fused-ring (bicyclic) bond motifs is 1. The quantitative estimate of drug-likeness (QED) is 0.781. The smallest absolute Gasteiger partial charge is 0.231 e. The molecule has 0 radical (unpaired) electrons. The lowest BCUT2D eigenvalue weighted by Crippen LogP contribution is -1.93. The normalized spacial score (nSPS) is 12.8. The van der Waals surface area contributed by atoms with Gasteiger partial charge in [-0.25, -0.2) is 4.39 Å². The maximum absolute atomic E-state index is 13.2. The molecule has 0 fully saturated rings. The minimum absolute atomic E-state index is 0.164. The molecule has 0 spiro atoms. The predicted octanol–water partition coefficient (Wildman–Crippen LogP) is 3.36. The number of ether oxygens (including phenoxy) is 2. The number of alkyl halides is 1. The second-order valence-corrected chi connectivity index (χ2v) is 4.17. The molecule has 0 amide bonds. The highest BCUT2D eigenvalue weighted by Gasteiger charge is 2.20. The highest BCUT2D eigenvalue weighted by atomic mass is 35.5. The average molecular weight is 266 g/mol. The molecule has 0 saturated heterocycles. The summed E-state index contributed by atoms with van der Waals surface area (Å²) in [6.07, 6.45) is 2.74. The number of aromatic nitrogens is 1. The predicted molar refractivity (Wildman–Crippen MR) is 65.3 cm³/mol. The lowest BCUT2D eigenvalue weighted by atomic mass is 10.0. The summed E-state index contributed by atoms with van der Waals surface area (Å²) < 4.78 is 24.0. The van der Waals surface area contributed by atoms with Crippen molar-refractivity contribution < 1.29 is 13.9 Å². The lowest BCUT2D eigenvalue weighted by Gasteiger charge is -2.08. The van der Waals surface area contributed by atoms with Gasteiger partial charge < -0.3 is 9.47 Å². The summed E-state index contributed by atoms with van der Waals surface area (Å²) in [5, 5.41) is 0. The Morgan fingerprint density at radius 1 is 1.22 bits per heavy atom. The van der Waals surface area contributed by atoms with Crippen LogP contribution in [0.4, 0.5) is 4.39 Å². The Morgan fingerprint density at radius 2 is 2.11 bits per heavy atom. The first-order valence-corrected chi connectivity index (χ1v) is 5.91. The molecular weight excluding hydrogens is 257 g/mol. The highest BCUT2D eigenvalue weighted by molar-refractivity contribution is 6.17. The van der Waals surface area contributed by atoms with Crippen molar-refractivity contribution in [3.8, 4) is 22.6 Å². The lowest BCUT2D eigenvalue weighted by molar-refractivity contribution is 0.174. The van der Waals surface area contributed by atoms with Crippen molar-refractivity contribution in [3.05, 3.63) is 42.0 Å². The van der Waals surface area contributed by atoms with Gasteiger partial charge in [0.25, 0.3) is 0 Å². The molecule has 92 valence electrons. The van der Waals surface area contributed by atoms with Gasteiger partial charge in [-0.05, 0) is 23.8 Å². The van der Waals surface area contributed by atoms with Crippen LogP contribution in [0.1, 0.15) is 5.56 Å². The molecule has 3 rings (SSSR count). The Balaban J connectivity index is 2.19. The van der Waals surface area contributed by atoms with Crippen molar-refractivity contribution in [1.82, 2.24) is 4.98 Å². The summed E-state index contributed by atoms with van der Waals surface area (Å²) in [5.74, 6) is 1.20. The molecular formula is C13H9ClFNO2. The summed E-state index contributed by atoms with van der Waals surface area (Å²) in [7, 11) is 0. The van der Waals surface area contributed by atoms with Gasteiger partial charge >= 0.3 is 0 Å². The van der Waals surface area contributed by atoms with Crippen molar-refractivity contribution in [3.63, 3.8) is 0 Å². The van der Waals surface area contributed by atoms with Crippen LogP contribution in [0.25, 0.3) is 11.1 Å². The Hall–Kier alpha value is -1.81. The third kappa shape index (κ3) is 1.88. The Kier molecular flexibility index (Phi) is 2.80. The zero-order valence-electron chi connectivity index (χ0n) is 9.32. The topological polar surface area (TPSA) is 31.4 Å². The Bertz CT molecular complexity index is 604. The molecule has 0 bridgehead atoms. The molecule has 1 aromatic heterocycles. The van der Waals surface area contributed by atoms with Crippen molar-refractivity contribution in [2.45, 2.75) is 5.88 Å². The summed E-state index contributed by atoms with van der Waals surface area (Å²) >= 11 is 5.83. The fraction of sp³-hybridized carbons (Fsp3) is 0.154. The number of halogens is 2. The van der Waals surface area contributed by atoms with Crippen LogP contribution >= 0.6 is 11.6 Å². The van der Waals surface area contributed by atoms with Gasteiger partial charge in [-0.15, -0.1) is 11.6 Å². The molecule has 0 saturated carbocycles. The summed E-state index contributed by atoms with van der Waals surface area (Å²) in [4.78, 5) is 3.84. The van der Waals surface area contributed by atoms with E-state index in [4.69, 9.17) is 21.1 Å². The molecule has 0 atom stereocenters. The molecule has 0 unspecified atom stereocenters. The molecule has 2 aromatic rings. The molecule has 5 heteroatoms. The van der Waals surface area contributed by atoms with Crippen LogP contribution in [0.2, 0.25) is 0 Å². The van der Waals surface area contributed by atoms with E-state index in [1.165, 1.54) is 6.07 Å². The molecule has 18 heavy (non-hydrogen) atoms. The third-order valence-corrected chi connectivity index (χ3v) is 3.01. The van der Waals surface area contributed by atoms with Gasteiger partial charge in [0.1, 0.15) is 5.82 Å². The monoisotopic (exact) mass is 265 g/mol. The van der Waals surface area contributed by atoms with Gasteiger partial charge in [0, 0.05) is 23.2 Å². The van der Waals surface area contributed by atoms with Crippen LogP contribution in [0.15, 0.2) is 30.6 Å². The molecule has 1 aliphatic heterocycles. The van der Waals surface area contributed by atoms with E-state index in [9.17, 15) is 4.39 Å². The zero-order chi connectivity index (χ0) is 12.5. The minimum Gasteiger partial charge on any atom is -0.454 e. The van der Waals surface area contributed by atoms with E-state index in [1.807, 2.05) is 12.1 Å². The van der Waals surface area contributed by atoms with Gasteiger partial charge in [-0.3, -0.25) is 4.98 Å². The maximum Gasteiger partial charge on any atom is 0.231 e. The van der Waals surface area contributed by atoms with Crippen molar-refractivity contribution in [2.24, 2.45) is 0 Å². The van der Waals surface area contributed by atoms with Crippen LogP contribution in [0, 0.1) is 5.82 Å². The first-order chi connectivity index (χ1) is 8.78. The number of benzene rings is 1. The van der Waals surface area contributed by atoms with Crippen LogP contribution in [-0.2, 0) is 5.88 Å². The Labute approximate surface area is 108 Å². The first-order valence-electron chi connectivity index (χ1n) is 5.37. The highest BCUT2D eigenvalue weighted by Crippen LogP contribution is 2.42. The molecule has 1 aliphatic rings. The SMILES string of the molecule is Fc1cncc(-c2cc(CCl)cc3c2OCO3)c1. The number of hydrogen-bond acceptors (Lipinski definition) is 3. The van der Waals surface area contributed by atoms with Gasteiger partial charge in [0.2, 0.25) is 6.79 Å². The first kappa shape index (κ1) is 11.3. The van der Waals surface area contributed by atoms with E-state index < -0.39 is 5.82 Å². The fourth-order valence-corrected chi connectivity index (χ4v) is 2.07. The molecule has 0 N–H and O–H groups in total. The van der Waals surface area contributed by atoms with Crippen LogP contribution < -0.4 is 9.47 Å². The van der Waals surface area contributed by atoms with Gasteiger partial charge in [0.15, 0.2) is 11.5 Å². The van der Waals surface area contributed by atoms with Crippen molar-refractivity contribution >= 4 is 11.6 Å². The largest absolute Gasteiger partial charge is 0.454 e. The number of hydrogen-bond donors (Lipinski definition) is 0.